The van der Waals surface area contributed by atoms with Crippen molar-refractivity contribution in [2.45, 2.75) is 6.54 Å². The molecule has 0 atom stereocenters. The fourth-order valence-electron chi connectivity index (χ4n) is 1.45. The first kappa shape index (κ1) is 9.49. The molecule has 0 saturated heterocycles. The van der Waals surface area contributed by atoms with E-state index in [-0.39, 0.29) is 0 Å². The molecule has 1 aromatic carbocycles. The number of halogens is 1. The van der Waals surface area contributed by atoms with Crippen LogP contribution in [0, 0.1) is 0 Å². The SMILES string of the molecule is COCCn1ncc2cccc(Cl)c21. The third kappa shape index (κ3) is 1.61. The normalized spacial score (nSPS) is 11.0. The van der Waals surface area contributed by atoms with E-state index < -0.39 is 0 Å². The van der Waals surface area contributed by atoms with Gasteiger partial charge in [-0.2, -0.15) is 5.10 Å². The van der Waals surface area contributed by atoms with Gasteiger partial charge in [0, 0.05) is 12.5 Å². The van der Waals surface area contributed by atoms with Gasteiger partial charge in [-0.05, 0) is 6.07 Å². The second-order valence-electron chi connectivity index (χ2n) is 3.04. The minimum absolute atomic E-state index is 0.641. The number of nitrogens with zero attached hydrogens (tertiary/aromatic N) is 2. The Kier molecular flexibility index (Phi) is 2.70. The average molecular weight is 211 g/mol. The van der Waals surface area contributed by atoms with E-state index in [0.717, 1.165) is 22.5 Å². The van der Waals surface area contributed by atoms with Crippen LogP contribution in [0.5, 0.6) is 0 Å². The average Bonchev–Trinajstić information content (AvgIpc) is 2.59. The summed E-state index contributed by atoms with van der Waals surface area (Å²) in [5.41, 5.74) is 0.978. The van der Waals surface area contributed by atoms with E-state index in [1.54, 1.807) is 7.11 Å². The third-order valence-corrected chi connectivity index (χ3v) is 2.42. The number of hydrogen-bond acceptors (Lipinski definition) is 2. The molecular formula is C10H11ClN2O. The van der Waals surface area contributed by atoms with Crippen LogP contribution in [0.3, 0.4) is 0 Å². The summed E-state index contributed by atoms with van der Waals surface area (Å²) in [6.07, 6.45) is 1.82. The zero-order chi connectivity index (χ0) is 9.97. The van der Waals surface area contributed by atoms with Gasteiger partial charge in [0.2, 0.25) is 0 Å². The maximum Gasteiger partial charge on any atom is 0.0869 e. The first-order chi connectivity index (χ1) is 6.83. The zero-order valence-corrected chi connectivity index (χ0v) is 8.66. The molecule has 0 N–H and O–H groups in total. The van der Waals surface area contributed by atoms with Gasteiger partial charge in [0.15, 0.2) is 0 Å². The van der Waals surface area contributed by atoms with E-state index in [2.05, 4.69) is 5.10 Å². The summed E-state index contributed by atoms with van der Waals surface area (Å²) < 4.78 is 6.86. The molecule has 14 heavy (non-hydrogen) atoms. The topological polar surface area (TPSA) is 27.1 Å². The first-order valence-electron chi connectivity index (χ1n) is 4.42. The van der Waals surface area contributed by atoms with Gasteiger partial charge in [-0.25, -0.2) is 0 Å². The summed E-state index contributed by atoms with van der Waals surface area (Å²) in [7, 11) is 1.67. The van der Waals surface area contributed by atoms with Crippen molar-refractivity contribution >= 4 is 22.5 Å². The molecule has 3 nitrogen and oxygen atoms in total. The summed E-state index contributed by atoms with van der Waals surface area (Å²) in [4.78, 5) is 0. The number of ether oxygens (including phenoxy) is 1. The molecule has 0 saturated carbocycles. The summed E-state index contributed by atoms with van der Waals surface area (Å²) in [5, 5.41) is 6.04. The van der Waals surface area contributed by atoms with Gasteiger partial charge in [-0.1, -0.05) is 23.7 Å². The Balaban J connectivity index is 2.45. The molecule has 0 aliphatic heterocycles. The first-order valence-corrected chi connectivity index (χ1v) is 4.79. The van der Waals surface area contributed by atoms with Crippen molar-refractivity contribution in [1.82, 2.24) is 9.78 Å². The molecule has 0 amide bonds. The number of benzene rings is 1. The van der Waals surface area contributed by atoms with Crippen molar-refractivity contribution < 1.29 is 4.74 Å². The summed E-state index contributed by atoms with van der Waals surface area (Å²) in [5.74, 6) is 0. The van der Waals surface area contributed by atoms with Gasteiger partial charge in [0.25, 0.3) is 0 Å². The van der Waals surface area contributed by atoms with E-state index in [1.165, 1.54) is 0 Å². The smallest absolute Gasteiger partial charge is 0.0869 e. The second-order valence-corrected chi connectivity index (χ2v) is 3.45. The van der Waals surface area contributed by atoms with Crippen LogP contribution in [0.1, 0.15) is 0 Å². The molecule has 0 unspecified atom stereocenters. The van der Waals surface area contributed by atoms with Crippen LogP contribution in [-0.4, -0.2) is 23.5 Å². The lowest BCUT2D eigenvalue weighted by Gasteiger charge is -2.03. The molecular weight excluding hydrogens is 200 g/mol. The zero-order valence-electron chi connectivity index (χ0n) is 7.90. The molecule has 4 heteroatoms. The molecule has 74 valence electrons. The van der Waals surface area contributed by atoms with Crippen molar-refractivity contribution in [1.29, 1.82) is 0 Å². The van der Waals surface area contributed by atoms with Gasteiger partial charge in [0.05, 0.1) is 29.9 Å². The van der Waals surface area contributed by atoms with Crippen LogP contribution in [0.15, 0.2) is 24.4 Å². The lowest BCUT2D eigenvalue weighted by Crippen LogP contribution is -2.05. The van der Waals surface area contributed by atoms with Crippen LogP contribution < -0.4 is 0 Å². The van der Waals surface area contributed by atoms with Crippen molar-refractivity contribution in [3.8, 4) is 0 Å². The van der Waals surface area contributed by atoms with Gasteiger partial charge < -0.3 is 4.74 Å². The van der Waals surface area contributed by atoms with Gasteiger partial charge >= 0.3 is 0 Å². The van der Waals surface area contributed by atoms with E-state index >= 15 is 0 Å². The Labute approximate surface area is 87.2 Å². The lowest BCUT2D eigenvalue weighted by molar-refractivity contribution is 0.185. The highest BCUT2D eigenvalue weighted by Gasteiger charge is 2.05. The van der Waals surface area contributed by atoms with Crippen LogP contribution in [-0.2, 0) is 11.3 Å². The molecule has 0 aliphatic rings. The number of para-hydroxylation sites is 1. The van der Waals surface area contributed by atoms with Crippen LogP contribution in [0.4, 0.5) is 0 Å². The summed E-state index contributed by atoms with van der Waals surface area (Å²) in [6.45, 7) is 1.37. The number of rotatable bonds is 3. The van der Waals surface area contributed by atoms with Crippen molar-refractivity contribution in [3.05, 3.63) is 29.4 Å². The molecule has 0 bridgehead atoms. The Morgan fingerprint density at radius 2 is 2.36 bits per heavy atom. The highest BCUT2D eigenvalue weighted by Crippen LogP contribution is 2.22. The minimum Gasteiger partial charge on any atom is -0.383 e. The van der Waals surface area contributed by atoms with Crippen LogP contribution >= 0.6 is 11.6 Å². The molecule has 1 aromatic heterocycles. The Morgan fingerprint density at radius 3 is 3.14 bits per heavy atom. The van der Waals surface area contributed by atoms with Crippen LogP contribution in [0.2, 0.25) is 5.02 Å². The molecule has 1 heterocycles. The van der Waals surface area contributed by atoms with E-state index in [1.807, 2.05) is 29.1 Å². The maximum atomic E-state index is 6.08. The Morgan fingerprint density at radius 1 is 1.50 bits per heavy atom. The highest BCUT2D eigenvalue weighted by atomic mass is 35.5. The lowest BCUT2D eigenvalue weighted by atomic mass is 10.2. The molecule has 2 aromatic rings. The minimum atomic E-state index is 0.641. The molecule has 0 radical (unpaired) electrons. The predicted molar refractivity (Wildman–Crippen MR) is 56.6 cm³/mol. The molecule has 0 spiro atoms. The Bertz CT molecular complexity index is 439. The van der Waals surface area contributed by atoms with Gasteiger partial charge in [-0.3, -0.25) is 4.68 Å². The van der Waals surface area contributed by atoms with E-state index in [4.69, 9.17) is 16.3 Å². The second kappa shape index (κ2) is 3.98. The van der Waals surface area contributed by atoms with E-state index in [0.29, 0.717) is 6.61 Å². The fraction of sp³-hybridized carbons (Fsp3) is 0.300. The quantitative estimate of drug-likeness (QED) is 0.778. The van der Waals surface area contributed by atoms with Crippen molar-refractivity contribution in [3.63, 3.8) is 0 Å². The maximum absolute atomic E-state index is 6.08. The van der Waals surface area contributed by atoms with Crippen molar-refractivity contribution in [2.24, 2.45) is 0 Å². The third-order valence-electron chi connectivity index (χ3n) is 2.12. The highest BCUT2D eigenvalue weighted by molar-refractivity contribution is 6.35. The number of methoxy groups -OCH3 is 1. The largest absolute Gasteiger partial charge is 0.383 e. The van der Waals surface area contributed by atoms with Gasteiger partial charge in [0.1, 0.15) is 0 Å². The van der Waals surface area contributed by atoms with Gasteiger partial charge in [-0.15, -0.1) is 0 Å². The fourth-order valence-corrected chi connectivity index (χ4v) is 1.72. The van der Waals surface area contributed by atoms with Crippen LogP contribution in [0.25, 0.3) is 10.9 Å². The number of fused-ring (bicyclic) bond motifs is 1. The number of hydrogen-bond donors (Lipinski definition) is 0. The Hall–Kier alpha value is -1.06. The molecule has 2 rings (SSSR count). The van der Waals surface area contributed by atoms with Crippen molar-refractivity contribution in [2.75, 3.05) is 13.7 Å². The summed E-state index contributed by atoms with van der Waals surface area (Å²) >= 11 is 6.08. The summed E-state index contributed by atoms with van der Waals surface area (Å²) in [6, 6.07) is 5.79. The monoisotopic (exact) mass is 210 g/mol. The predicted octanol–water partition coefficient (Wildman–Crippen LogP) is 2.34. The standard InChI is InChI=1S/C10H11ClN2O/c1-14-6-5-13-10-8(7-12-13)3-2-4-9(10)11/h2-4,7H,5-6H2,1H3. The van der Waals surface area contributed by atoms with E-state index in [9.17, 15) is 0 Å². The number of aromatic nitrogens is 2. The molecule has 0 fully saturated rings. The molecule has 0 aliphatic carbocycles.